The van der Waals surface area contributed by atoms with Crippen LogP contribution in [0.5, 0.6) is 0 Å². The summed E-state index contributed by atoms with van der Waals surface area (Å²) in [6, 6.07) is 7.58. The van der Waals surface area contributed by atoms with Gasteiger partial charge in [0.15, 0.2) is 0 Å². The lowest BCUT2D eigenvalue weighted by atomic mass is 9.92. The molecule has 0 radical (unpaired) electrons. The number of nitriles is 1. The van der Waals surface area contributed by atoms with E-state index in [1.165, 1.54) is 12.8 Å². The van der Waals surface area contributed by atoms with Crippen molar-refractivity contribution in [2.24, 2.45) is 11.3 Å². The van der Waals surface area contributed by atoms with E-state index in [9.17, 15) is 0 Å². The molecule has 2 rings (SSSR count). The molecular formula is C14H17ClN2. The van der Waals surface area contributed by atoms with Crippen LogP contribution in [-0.2, 0) is 0 Å². The summed E-state index contributed by atoms with van der Waals surface area (Å²) in [5.41, 5.74) is 2.00. The molecule has 1 saturated carbocycles. The first-order valence-corrected chi connectivity index (χ1v) is 6.39. The number of halogens is 1. The lowest BCUT2D eigenvalue weighted by Gasteiger charge is -2.20. The number of hydrogen-bond acceptors (Lipinski definition) is 2. The van der Waals surface area contributed by atoms with Crippen molar-refractivity contribution >= 4 is 17.3 Å². The molecule has 0 heterocycles. The van der Waals surface area contributed by atoms with Crippen LogP contribution in [0, 0.1) is 22.7 Å². The molecule has 17 heavy (non-hydrogen) atoms. The first-order chi connectivity index (χ1) is 8.07. The molecule has 0 saturated heterocycles. The number of benzene rings is 1. The molecule has 1 aliphatic rings. The lowest BCUT2D eigenvalue weighted by molar-refractivity contribution is 0.380. The van der Waals surface area contributed by atoms with Crippen molar-refractivity contribution < 1.29 is 0 Å². The maximum atomic E-state index is 8.80. The fourth-order valence-electron chi connectivity index (χ4n) is 2.11. The summed E-state index contributed by atoms with van der Waals surface area (Å²) in [6.07, 6.45) is 2.61. The van der Waals surface area contributed by atoms with Crippen LogP contribution < -0.4 is 5.32 Å². The van der Waals surface area contributed by atoms with E-state index in [2.05, 4.69) is 25.2 Å². The third-order valence-corrected chi connectivity index (χ3v) is 4.16. The number of hydrogen-bond donors (Lipinski definition) is 1. The quantitative estimate of drug-likeness (QED) is 0.872. The van der Waals surface area contributed by atoms with Crippen LogP contribution in [0.15, 0.2) is 18.2 Å². The number of nitrogens with one attached hydrogen (secondary N) is 1. The summed E-state index contributed by atoms with van der Waals surface area (Å²) in [4.78, 5) is 0. The molecule has 0 amide bonds. The molecule has 1 fully saturated rings. The van der Waals surface area contributed by atoms with Gasteiger partial charge < -0.3 is 5.32 Å². The second-order valence-corrected chi connectivity index (χ2v) is 5.58. The van der Waals surface area contributed by atoms with Gasteiger partial charge in [0.2, 0.25) is 0 Å². The fraction of sp³-hybridized carbons (Fsp3) is 0.500. The minimum atomic E-state index is 0.473. The molecule has 2 nitrogen and oxygen atoms in total. The Morgan fingerprint density at radius 3 is 2.65 bits per heavy atom. The van der Waals surface area contributed by atoms with Gasteiger partial charge in [0, 0.05) is 12.2 Å². The van der Waals surface area contributed by atoms with E-state index >= 15 is 0 Å². The van der Waals surface area contributed by atoms with Gasteiger partial charge in [0.05, 0.1) is 10.6 Å². The molecule has 0 bridgehead atoms. The monoisotopic (exact) mass is 248 g/mol. The summed E-state index contributed by atoms with van der Waals surface area (Å²) < 4.78 is 0. The van der Waals surface area contributed by atoms with Crippen molar-refractivity contribution in [1.82, 2.24) is 0 Å². The Hall–Kier alpha value is -1.20. The van der Waals surface area contributed by atoms with Gasteiger partial charge in [-0.1, -0.05) is 25.4 Å². The Labute approximate surface area is 108 Å². The standard InChI is InChI=1S/C14H17ClN2/c1-10(2)14(5-6-14)9-17-12-4-3-11(8-16)13(15)7-12/h3-4,7,10,17H,5-6,9H2,1-2H3. The second-order valence-electron chi connectivity index (χ2n) is 5.18. The van der Waals surface area contributed by atoms with Crippen LogP contribution in [0.4, 0.5) is 5.69 Å². The van der Waals surface area contributed by atoms with Crippen LogP contribution in [0.2, 0.25) is 5.02 Å². The highest BCUT2D eigenvalue weighted by Crippen LogP contribution is 2.51. The van der Waals surface area contributed by atoms with Crippen molar-refractivity contribution in [2.75, 3.05) is 11.9 Å². The van der Waals surface area contributed by atoms with Crippen molar-refractivity contribution in [1.29, 1.82) is 5.26 Å². The van der Waals surface area contributed by atoms with Crippen LogP contribution >= 0.6 is 11.6 Å². The molecule has 3 heteroatoms. The van der Waals surface area contributed by atoms with Crippen LogP contribution in [-0.4, -0.2) is 6.54 Å². The summed E-state index contributed by atoms with van der Waals surface area (Å²) in [6.45, 7) is 5.55. The van der Waals surface area contributed by atoms with Crippen LogP contribution in [0.3, 0.4) is 0 Å². The Morgan fingerprint density at radius 2 is 2.18 bits per heavy atom. The average Bonchev–Trinajstić information content (AvgIpc) is 3.07. The maximum Gasteiger partial charge on any atom is 0.101 e. The predicted octanol–water partition coefficient (Wildman–Crippen LogP) is 4.06. The van der Waals surface area contributed by atoms with Crippen LogP contribution in [0.25, 0.3) is 0 Å². The van der Waals surface area contributed by atoms with Crippen molar-refractivity contribution in [2.45, 2.75) is 26.7 Å². The van der Waals surface area contributed by atoms with Gasteiger partial charge in [-0.25, -0.2) is 0 Å². The zero-order chi connectivity index (χ0) is 12.5. The molecule has 1 aromatic carbocycles. The average molecular weight is 249 g/mol. The van der Waals surface area contributed by atoms with E-state index in [-0.39, 0.29) is 0 Å². The van der Waals surface area contributed by atoms with E-state index in [4.69, 9.17) is 16.9 Å². The third kappa shape index (κ3) is 2.56. The normalized spacial score (nSPS) is 16.6. The van der Waals surface area contributed by atoms with Gasteiger partial charge in [0.1, 0.15) is 6.07 Å². The Kier molecular flexibility index (Phi) is 3.31. The van der Waals surface area contributed by atoms with Crippen LogP contribution in [0.1, 0.15) is 32.3 Å². The first kappa shape index (κ1) is 12.3. The third-order valence-electron chi connectivity index (χ3n) is 3.85. The van der Waals surface area contributed by atoms with Crippen molar-refractivity contribution in [3.8, 4) is 6.07 Å². The van der Waals surface area contributed by atoms with Gasteiger partial charge in [-0.05, 0) is 42.4 Å². The second kappa shape index (κ2) is 4.58. The van der Waals surface area contributed by atoms with Crippen molar-refractivity contribution in [3.63, 3.8) is 0 Å². The molecule has 0 unspecified atom stereocenters. The molecular weight excluding hydrogens is 232 g/mol. The van der Waals surface area contributed by atoms with Gasteiger partial charge in [-0.3, -0.25) is 0 Å². The fourth-order valence-corrected chi connectivity index (χ4v) is 2.34. The summed E-state index contributed by atoms with van der Waals surface area (Å²) in [7, 11) is 0. The zero-order valence-corrected chi connectivity index (χ0v) is 11.0. The largest absolute Gasteiger partial charge is 0.384 e. The SMILES string of the molecule is CC(C)C1(CNc2ccc(C#N)c(Cl)c2)CC1. The highest BCUT2D eigenvalue weighted by Gasteiger charge is 2.44. The summed E-state index contributed by atoms with van der Waals surface area (Å²) in [5, 5.41) is 12.7. The first-order valence-electron chi connectivity index (χ1n) is 6.01. The van der Waals surface area contributed by atoms with E-state index in [0.29, 0.717) is 21.9 Å². The molecule has 1 aromatic rings. The van der Waals surface area contributed by atoms with Gasteiger partial charge >= 0.3 is 0 Å². The molecule has 1 aliphatic carbocycles. The van der Waals surface area contributed by atoms with E-state index < -0.39 is 0 Å². The number of nitrogens with zero attached hydrogens (tertiary/aromatic N) is 1. The summed E-state index contributed by atoms with van der Waals surface area (Å²) in [5.74, 6) is 0.712. The topological polar surface area (TPSA) is 35.8 Å². The minimum Gasteiger partial charge on any atom is -0.384 e. The predicted molar refractivity (Wildman–Crippen MR) is 71.2 cm³/mol. The minimum absolute atomic E-state index is 0.473. The smallest absolute Gasteiger partial charge is 0.101 e. The van der Waals surface area contributed by atoms with Gasteiger partial charge in [-0.2, -0.15) is 5.26 Å². The molecule has 0 spiro atoms. The molecule has 0 aromatic heterocycles. The highest BCUT2D eigenvalue weighted by atomic mass is 35.5. The Bertz CT molecular complexity index is 456. The van der Waals surface area contributed by atoms with Gasteiger partial charge in [-0.15, -0.1) is 0 Å². The molecule has 0 atom stereocenters. The van der Waals surface area contributed by atoms with Crippen molar-refractivity contribution in [3.05, 3.63) is 28.8 Å². The highest BCUT2D eigenvalue weighted by molar-refractivity contribution is 6.32. The molecule has 1 N–H and O–H groups in total. The number of rotatable bonds is 4. The Morgan fingerprint density at radius 1 is 1.47 bits per heavy atom. The van der Waals surface area contributed by atoms with E-state index in [1.54, 1.807) is 6.07 Å². The molecule has 0 aliphatic heterocycles. The maximum absolute atomic E-state index is 8.80. The molecule has 90 valence electrons. The lowest BCUT2D eigenvalue weighted by Crippen LogP contribution is -2.20. The summed E-state index contributed by atoms with van der Waals surface area (Å²) >= 11 is 6.00. The van der Waals surface area contributed by atoms with E-state index in [1.807, 2.05) is 12.1 Å². The zero-order valence-electron chi connectivity index (χ0n) is 10.3. The Balaban J connectivity index is 2.01. The van der Waals surface area contributed by atoms with E-state index in [0.717, 1.165) is 12.2 Å². The number of anilines is 1. The van der Waals surface area contributed by atoms with Gasteiger partial charge in [0.25, 0.3) is 0 Å².